The van der Waals surface area contributed by atoms with Crippen molar-refractivity contribution in [2.45, 2.75) is 0 Å². The third kappa shape index (κ3) is 4.71. The zero-order valence-electron chi connectivity index (χ0n) is 13.5. The van der Waals surface area contributed by atoms with Gasteiger partial charge in [0.15, 0.2) is 12.4 Å². The summed E-state index contributed by atoms with van der Waals surface area (Å²) < 4.78 is 15.3. The first-order chi connectivity index (χ1) is 11.6. The van der Waals surface area contributed by atoms with Gasteiger partial charge in [0.1, 0.15) is 11.5 Å². The van der Waals surface area contributed by atoms with Gasteiger partial charge in [0, 0.05) is 23.3 Å². The molecule has 24 heavy (non-hydrogen) atoms. The number of hydrogen-bond donors (Lipinski definition) is 0. The lowest BCUT2D eigenvalue weighted by molar-refractivity contribution is -0.136. The second-order valence-corrected chi connectivity index (χ2v) is 4.84. The van der Waals surface area contributed by atoms with Crippen LogP contribution in [0.2, 0.25) is 0 Å². The first kappa shape index (κ1) is 17.3. The molecule has 0 N–H and O–H groups in total. The van der Waals surface area contributed by atoms with Gasteiger partial charge in [0.25, 0.3) is 0 Å². The highest BCUT2D eigenvalue weighted by molar-refractivity contribution is 5.98. The highest BCUT2D eigenvalue weighted by atomic mass is 16.5. The maximum atomic E-state index is 11.9. The van der Waals surface area contributed by atoms with Crippen molar-refractivity contribution < 1.29 is 23.8 Å². The summed E-state index contributed by atoms with van der Waals surface area (Å²) in [6.45, 7) is -0.299. The number of esters is 1. The third-order valence-electron chi connectivity index (χ3n) is 3.28. The lowest BCUT2D eigenvalue weighted by atomic mass is 10.1. The molecule has 0 amide bonds. The van der Waals surface area contributed by atoms with Crippen LogP contribution in [0.25, 0.3) is 6.08 Å². The predicted octanol–water partition coefficient (Wildman–Crippen LogP) is 3.14. The van der Waals surface area contributed by atoms with E-state index in [2.05, 4.69) is 0 Å². The van der Waals surface area contributed by atoms with Crippen LogP contribution in [0, 0.1) is 0 Å². The molecule has 0 aliphatic heterocycles. The van der Waals surface area contributed by atoms with E-state index in [9.17, 15) is 9.59 Å². The Kier molecular flexibility index (Phi) is 6.14. The van der Waals surface area contributed by atoms with Crippen molar-refractivity contribution in [3.8, 4) is 11.5 Å². The highest BCUT2D eigenvalue weighted by Crippen LogP contribution is 2.25. The summed E-state index contributed by atoms with van der Waals surface area (Å²) in [7, 11) is 3.09. The third-order valence-corrected chi connectivity index (χ3v) is 3.28. The standard InChI is InChI=1S/C19H18O5/c1-22-16-10-8-15(18(12-16)23-2)9-11-19(21)24-13-17(20)14-6-4-3-5-7-14/h3-12H,13H2,1-2H3. The van der Waals surface area contributed by atoms with Crippen molar-refractivity contribution in [2.75, 3.05) is 20.8 Å². The van der Waals surface area contributed by atoms with Crippen LogP contribution >= 0.6 is 0 Å². The molecule has 0 saturated carbocycles. The number of Topliss-reactive ketones (excluding diaryl/α,β-unsaturated/α-hetero) is 1. The van der Waals surface area contributed by atoms with Crippen molar-refractivity contribution in [2.24, 2.45) is 0 Å². The predicted molar refractivity (Wildman–Crippen MR) is 90.3 cm³/mol. The van der Waals surface area contributed by atoms with Gasteiger partial charge in [-0.1, -0.05) is 30.3 Å². The van der Waals surface area contributed by atoms with Crippen molar-refractivity contribution in [3.63, 3.8) is 0 Å². The summed E-state index contributed by atoms with van der Waals surface area (Å²) in [4.78, 5) is 23.6. The molecule has 0 aliphatic rings. The average Bonchev–Trinajstić information content (AvgIpc) is 2.64. The average molecular weight is 326 g/mol. The molecule has 0 unspecified atom stereocenters. The minimum absolute atomic E-state index is 0.251. The Morgan fingerprint density at radius 2 is 1.75 bits per heavy atom. The molecule has 0 aliphatic carbocycles. The summed E-state index contributed by atoms with van der Waals surface area (Å²) in [6, 6.07) is 13.9. The summed E-state index contributed by atoms with van der Waals surface area (Å²) >= 11 is 0. The summed E-state index contributed by atoms with van der Waals surface area (Å²) in [5, 5.41) is 0. The molecule has 0 bridgehead atoms. The molecule has 0 heterocycles. The maximum absolute atomic E-state index is 11.9. The van der Waals surface area contributed by atoms with Crippen LogP contribution in [0.5, 0.6) is 11.5 Å². The molecular formula is C19H18O5. The first-order valence-corrected chi connectivity index (χ1v) is 7.29. The summed E-state index contributed by atoms with van der Waals surface area (Å²) in [5.74, 6) is 0.371. The van der Waals surface area contributed by atoms with Gasteiger partial charge in [-0.15, -0.1) is 0 Å². The van der Waals surface area contributed by atoms with E-state index in [1.165, 1.54) is 13.2 Å². The highest BCUT2D eigenvalue weighted by Gasteiger charge is 2.08. The molecule has 5 heteroatoms. The number of methoxy groups -OCH3 is 2. The van der Waals surface area contributed by atoms with E-state index in [0.29, 0.717) is 22.6 Å². The van der Waals surface area contributed by atoms with Gasteiger partial charge < -0.3 is 14.2 Å². The Hall–Kier alpha value is -3.08. The fraction of sp³-hybridized carbons (Fsp3) is 0.158. The van der Waals surface area contributed by atoms with E-state index in [1.807, 2.05) is 6.07 Å². The van der Waals surface area contributed by atoms with Gasteiger partial charge in [0.2, 0.25) is 0 Å². The molecule has 5 nitrogen and oxygen atoms in total. The fourth-order valence-corrected chi connectivity index (χ4v) is 2.01. The Bertz CT molecular complexity index is 735. The fourth-order valence-electron chi connectivity index (χ4n) is 2.01. The number of rotatable bonds is 7. The first-order valence-electron chi connectivity index (χ1n) is 7.29. The topological polar surface area (TPSA) is 61.8 Å². The van der Waals surface area contributed by atoms with Crippen LogP contribution in [0.4, 0.5) is 0 Å². The lowest BCUT2D eigenvalue weighted by Gasteiger charge is -2.07. The van der Waals surface area contributed by atoms with Crippen LogP contribution in [0.15, 0.2) is 54.6 Å². The second kappa shape index (κ2) is 8.53. The smallest absolute Gasteiger partial charge is 0.331 e. The van der Waals surface area contributed by atoms with E-state index in [0.717, 1.165) is 0 Å². The minimum Gasteiger partial charge on any atom is -0.497 e. The molecule has 0 atom stereocenters. The minimum atomic E-state index is -0.600. The van der Waals surface area contributed by atoms with E-state index in [4.69, 9.17) is 14.2 Å². The summed E-state index contributed by atoms with van der Waals surface area (Å²) in [6.07, 6.45) is 2.82. The van der Waals surface area contributed by atoms with Crippen molar-refractivity contribution >= 4 is 17.8 Å². The largest absolute Gasteiger partial charge is 0.497 e. The summed E-state index contributed by atoms with van der Waals surface area (Å²) in [5.41, 5.74) is 1.20. The van der Waals surface area contributed by atoms with Crippen LogP contribution in [0.3, 0.4) is 0 Å². The molecule has 2 rings (SSSR count). The van der Waals surface area contributed by atoms with Crippen LogP contribution in [0.1, 0.15) is 15.9 Å². The number of ketones is 1. The lowest BCUT2D eigenvalue weighted by Crippen LogP contribution is -2.12. The maximum Gasteiger partial charge on any atom is 0.331 e. The van der Waals surface area contributed by atoms with Gasteiger partial charge in [-0.3, -0.25) is 4.79 Å². The van der Waals surface area contributed by atoms with Gasteiger partial charge in [-0.05, 0) is 18.2 Å². The Labute approximate surface area is 140 Å². The van der Waals surface area contributed by atoms with Gasteiger partial charge in [-0.2, -0.15) is 0 Å². The molecule has 2 aromatic carbocycles. The van der Waals surface area contributed by atoms with Crippen molar-refractivity contribution in [1.82, 2.24) is 0 Å². The monoisotopic (exact) mass is 326 g/mol. The van der Waals surface area contributed by atoms with Gasteiger partial charge in [-0.25, -0.2) is 4.79 Å². The van der Waals surface area contributed by atoms with Crippen LogP contribution < -0.4 is 9.47 Å². The SMILES string of the molecule is COc1ccc(C=CC(=O)OCC(=O)c2ccccc2)c(OC)c1. The molecular weight excluding hydrogens is 308 g/mol. The zero-order chi connectivity index (χ0) is 17.4. The molecule has 0 saturated heterocycles. The molecule has 2 aromatic rings. The normalized spacial score (nSPS) is 10.4. The Morgan fingerprint density at radius 1 is 1.00 bits per heavy atom. The Morgan fingerprint density at radius 3 is 2.42 bits per heavy atom. The van der Waals surface area contributed by atoms with E-state index in [-0.39, 0.29) is 12.4 Å². The number of carbonyl (C=O) groups excluding carboxylic acids is 2. The van der Waals surface area contributed by atoms with Crippen molar-refractivity contribution in [1.29, 1.82) is 0 Å². The zero-order valence-corrected chi connectivity index (χ0v) is 13.5. The second-order valence-electron chi connectivity index (χ2n) is 4.84. The number of benzene rings is 2. The number of hydrogen-bond acceptors (Lipinski definition) is 5. The number of ether oxygens (including phenoxy) is 3. The molecule has 0 radical (unpaired) electrons. The van der Waals surface area contributed by atoms with Crippen molar-refractivity contribution in [3.05, 3.63) is 65.7 Å². The van der Waals surface area contributed by atoms with Crippen LogP contribution in [-0.4, -0.2) is 32.6 Å². The van der Waals surface area contributed by atoms with Gasteiger partial charge >= 0.3 is 5.97 Å². The van der Waals surface area contributed by atoms with Gasteiger partial charge in [0.05, 0.1) is 14.2 Å². The Balaban J connectivity index is 1.95. The molecule has 0 aromatic heterocycles. The molecule has 0 fully saturated rings. The van der Waals surface area contributed by atoms with E-state index < -0.39 is 5.97 Å². The van der Waals surface area contributed by atoms with E-state index in [1.54, 1.807) is 55.7 Å². The van der Waals surface area contributed by atoms with E-state index >= 15 is 0 Å². The quantitative estimate of drug-likeness (QED) is 0.444. The van der Waals surface area contributed by atoms with Crippen LogP contribution in [-0.2, 0) is 9.53 Å². The number of carbonyl (C=O) groups is 2. The molecule has 0 spiro atoms. The molecule has 124 valence electrons.